The average molecular weight is 603 g/mol. The number of hydrogen-bond donors (Lipinski definition) is 1. The molecule has 1 amide bonds. The lowest BCUT2D eigenvalue weighted by Gasteiger charge is -2.13. The van der Waals surface area contributed by atoms with Gasteiger partial charge in [0.05, 0.1) is 20.4 Å². The van der Waals surface area contributed by atoms with Crippen LogP contribution in [-0.2, 0) is 19.8 Å². The van der Waals surface area contributed by atoms with E-state index in [1.807, 2.05) is 103 Å². The lowest BCUT2D eigenvalue weighted by molar-refractivity contribution is 0.0954. The molecule has 5 rings (SSSR count). The normalized spacial score (nSPS) is 10.7. The third-order valence-electron chi connectivity index (χ3n) is 6.79. The molecule has 45 heavy (non-hydrogen) atoms. The summed E-state index contributed by atoms with van der Waals surface area (Å²) in [4.78, 5) is 12.7. The summed E-state index contributed by atoms with van der Waals surface area (Å²) in [6.45, 7) is 1.21. The van der Waals surface area contributed by atoms with Crippen molar-refractivity contribution in [2.24, 2.45) is 5.10 Å². The zero-order valence-electron chi connectivity index (χ0n) is 25.1. The highest BCUT2D eigenvalue weighted by Crippen LogP contribution is 2.30. The van der Waals surface area contributed by atoms with Gasteiger partial charge in [-0.1, -0.05) is 66.7 Å². The minimum Gasteiger partial charge on any atom is -0.493 e. The molecular weight excluding hydrogens is 568 g/mol. The Bertz CT molecular complexity index is 1710. The largest absolute Gasteiger partial charge is 0.493 e. The number of nitrogens with one attached hydrogen (secondary N) is 1. The maximum atomic E-state index is 12.7. The molecule has 8 heteroatoms. The fourth-order valence-corrected chi connectivity index (χ4v) is 4.37. The topological polar surface area (TPSA) is 87.6 Å². The van der Waals surface area contributed by atoms with E-state index in [9.17, 15) is 4.79 Å². The molecular formula is C37H34N2O6. The van der Waals surface area contributed by atoms with E-state index < -0.39 is 0 Å². The third kappa shape index (κ3) is 8.87. The summed E-state index contributed by atoms with van der Waals surface area (Å²) < 4.78 is 28.7. The second-order valence-corrected chi connectivity index (χ2v) is 9.96. The number of benzene rings is 5. The summed E-state index contributed by atoms with van der Waals surface area (Å²) >= 11 is 0. The van der Waals surface area contributed by atoms with Crippen molar-refractivity contribution >= 4 is 12.1 Å². The van der Waals surface area contributed by atoms with Crippen molar-refractivity contribution in [3.05, 3.63) is 149 Å². The Hall–Kier alpha value is -5.76. The summed E-state index contributed by atoms with van der Waals surface area (Å²) in [6.07, 6.45) is 1.56. The SMILES string of the molecule is COc1cc(COc2ccc(/C=N/NC(=O)c3ccc(OCc4ccccc4)c(OC)c3)cc2)ccc1OCc1ccccc1. The van der Waals surface area contributed by atoms with E-state index in [1.165, 1.54) is 7.11 Å². The van der Waals surface area contributed by atoms with Crippen LogP contribution >= 0.6 is 0 Å². The molecule has 0 bridgehead atoms. The first-order valence-corrected chi connectivity index (χ1v) is 14.4. The average Bonchev–Trinajstić information content (AvgIpc) is 3.10. The summed E-state index contributed by atoms with van der Waals surface area (Å²) in [6, 6.07) is 37.9. The van der Waals surface area contributed by atoms with Gasteiger partial charge in [-0.15, -0.1) is 0 Å². The molecule has 0 unspecified atom stereocenters. The highest BCUT2D eigenvalue weighted by Gasteiger charge is 2.11. The van der Waals surface area contributed by atoms with Crippen LogP contribution in [-0.4, -0.2) is 26.3 Å². The molecule has 0 aliphatic heterocycles. The number of carbonyl (C=O) groups excluding carboxylic acids is 1. The highest BCUT2D eigenvalue weighted by atomic mass is 16.5. The smallest absolute Gasteiger partial charge is 0.271 e. The van der Waals surface area contributed by atoms with Crippen LogP contribution in [0.15, 0.2) is 126 Å². The Morgan fingerprint density at radius 1 is 0.600 bits per heavy atom. The molecule has 0 spiro atoms. The van der Waals surface area contributed by atoms with Crippen molar-refractivity contribution in [2.45, 2.75) is 19.8 Å². The Morgan fingerprint density at radius 2 is 1.16 bits per heavy atom. The highest BCUT2D eigenvalue weighted by molar-refractivity contribution is 5.95. The monoisotopic (exact) mass is 602 g/mol. The summed E-state index contributed by atoms with van der Waals surface area (Å²) in [5, 5.41) is 4.09. The predicted octanol–water partition coefficient (Wildman–Crippen LogP) is 7.20. The number of nitrogens with zero attached hydrogens (tertiary/aromatic N) is 1. The van der Waals surface area contributed by atoms with E-state index in [2.05, 4.69) is 10.5 Å². The summed E-state index contributed by atoms with van der Waals surface area (Å²) in [7, 11) is 3.15. The Kier molecular flexibility index (Phi) is 10.7. The van der Waals surface area contributed by atoms with Crippen molar-refractivity contribution in [1.82, 2.24) is 5.43 Å². The van der Waals surface area contributed by atoms with Crippen LogP contribution in [0.4, 0.5) is 0 Å². The second kappa shape index (κ2) is 15.6. The number of ether oxygens (including phenoxy) is 5. The predicted molar refractivity (Wildman–Crippen MR) is 173 cm³/mol. The second-order valence-electron chi connectivity index (χ2n) is 9.96. The van der Waals surface area contributed by atoms with Gasteiger partial charge in [0.25, 0.3) is 5.91 Å². The van der Waals surface area contributed by atoms with Gasteiger partial charge in [0.2, 0.25) is 0 Å². The van der Waals surface area contributed by atoms with Crippen LogP contribution in [0.1, 0.15) is 32.6 Å². The van der Waals surface area contributed by atoms with Crippen molar-refractivity contribution in [1.29, 1.82) is 0 Å². The third-order valence-corrected chi connectivity index (χ3v) is 6.79. The molecule has 1 N–H and O–H groups in total. The molecule has 228 valence electrons. The number of rotatable bonds is 14. The van der Waals surface area contributed by atoms with Crippen LogP contribution in [0, 0.1) is 0 Å². The molecule has 0 saturated carbocycles. The van der Waals surface area contributed by atoms with Crippen molar-refractivity contribution in [3.8, 4) is 28.7 Å². The van der Waals surface area contributed by atoms with E-state index >= 15 is 0 Å². The van der Waals surface area contributed by atoms with E-state index in [4.69, 9.17) is 23.7 Å². The Labute approximate surface area is 262 Å². The summed E-state index contributed by atoms with van der Waals surface area (Å²) in [5.74, 6) is 2.65. The minimum absolute atomic E-state index is 0.359. The van der Waals surface area contributed by atoms with Gasteiger partial charge in [-0.3, -0.25) is 4.79 Å². The standard InChI is InChI=1S/C37H34N2O6/c1-41-35-21-30(15-19-33(35)44-24-28-9-5-3-6-10-28)26-43-32-17-13-27(14-18-32)23-38-39-37(40)31-16-20-34(36(22-31)42-2)45-25-29-11-7-4-8-12-29/h3-23H,24-26H2,1-2H3,(H,39,40)/b38-23+. The number of methoxy groups -OCH3 is 2. The number of hydrazone groups is 1. The lowest BCUT2D eigenvalue weighted by atomic mass is 10.2. The van der Waals surface area contributed by atoms with Crippen molar-refractivity contribution in [3.63, 3.8) is 0 Å². The fourth-order valence-electron chi connectivity index (χ4n) is 4.37. The van der Waals surface area contributed by atoms with E-state index in [-0.39, 0.29) is 5.91 Å². The van der Waals surface area contributed by atoms with Crippen LogP contribution in [0.25, 0.3) is 0 Å². The number of amides is 1. The fraction of sp³-hybridized carbons (Fsp3) is 0.135. The van der Waals surface area contributed by atoms with Gasteiger partial charge in [-0.2, -0.15) is 5.10 Å². The maximum Gasteiger partial charge on any atom is 0.271 e. The Morgan fingerprint density at radius 3 is 1.76 bits per heavy atom. The van der Waals surface area contributed by atoms with Crippen LogP contribution in [0.2, 0.25) is 0 Å². The van der Waals surface area contributed by atoms with Crippen LogP contribution < -0.4 is 29.1 Å². The van der Waals surface area contributed by atoms with Gasteiger partial charge in [-0.25, -0.2) is 5.43 Å². The molecule has 0 heterocycles. The maximum absolute atomic E-state index is 12.7. The molecule has 0 aliphatic carbocycles. The van der Waals surface area contributed by atoms with E-state index in [0.29, 0.717) is 54.1 Å². The van der Waals surface area contributed by atoms with Crippen molar-refractivity contribution in [2.75, 3.05) is 14.2 Å². The van der Waals surface area contributed by atoms with Gasteiger partial charge in [-0.05, 0) is 76.9 Å². The first-order chi connectivity index (χ1) is 22.1. The lowest BCUT2D eigenvalue weighted by Crippen LogP contribution is -2.17. The van der Waals surface area contributed by atoms with Gasteiger partial charge in [0.1, 0.15) is 25.6 Å². The van der Waals surface area contributed by atoms with E-state index in [0.717, 1.165) is 22.3 Å². The molecule has 0 saturated heterocycles. The van der Waals surface area contributed by atoms with Crippen LogP contribution in [0.3, 0.4) is 0 Å². The van der Waals surface area contributed by atoms with Gasteiger partial charge >= 0.3 is 0 Å². The quantitative estimate of drug-likeness (QED) is 0.107. The molecule has 5 aromatic rings. The van der Waals surface area contributed by atoms with Crippen molar-refractivity contribution < 1.29 is 28.5 Å². The van der Waals surface area contributed by atoms with E-state index in [1.54, 1.807) is 31.5 Å². The molecule has 0 aliphatic rings. The van der Waals surface area contributed by atoms with Gasteiger partial charge in [0.15, 0.2) is 23.0 Å². The number of carbonyl (C=O) groups is 1. The first kappa shape index (κ1) is 30.7. The summed E-state index contributed by atoms with van der Waals surface area (Å²) in [5.41, 5.74) is 6.81. The Balaban J connectivity index is 1.10. The minimum atomic E-state index is -0.369. The molecule has 8 nitrogen and oxygen atoms in total. The number of hydrogen-bond acceptors (Lipinski definition) is 7. The van der Waals surface area contributed by atoms with Gasteiger partial charge < -0.3 is 23.7 Å². The molecule has 0 aromatic heterocycles. The molecule has 0 fully saturated rings. The first-order valence-electron chi connectivity index (χ1n) is 14.4. The molecule has 0 atom stereocenters. The molecule has 0 radical (unpaired) electrons. The molecule has 5 aromatic carbocycles. The zero-order valence-corrected chi connectivity index (χ0v) is 25.1. The zero-order chi connectivity index (χ0) is 31.3. The van der Waals surface area contributed by atoms with Gasteiger partial charge in [0, 0.05) is 5.56 Å². The van der Waals surface area contributed by atoms with Crippen LogP contribution in [0.5, 0.6) is 28.7 Å².